The minimum Gasteiger partial charge on any atom is -0.477 e. The van der Waals surface area contributed by atoms with Crippen LogP contribution in [0.1, 0.15) is 22.5 Å². The van der Waals surface area contributed by atoms with Gasteiger partial charge in [-0.05, 0) is 24.6 Å². The summed E-state index contributed by atoms with van der Waals surface area (Å²) in [6, 6.07) is 13.2. The van der Waals surface area contributed by atoms with Gasteiger partial charge in [-0.25, -0.2) is 14.2 Å². The minimum atomic E-state index is -1.37. The van der Waals surface area contributed by atoms with Gasteiger partial charge in [0, 0.05) is 37.3 Å². The van der Waals surface area contributed by atoms with E-state index in [1.54, 1.807) is 0 Å². The van der Waals surface area contributed by atoms with Gasteiger partial charge in [0.25, 0.3) is 0 Å². The van der Waals surface area contributed by atoms with E-state index in [0.29, 0.717) is 19.6 Å². The monoisotopic (exact) mass is 433 g/mol. The molecule has 1 saturated heterocycles. The van der Waals surface area contributed by atoms with Crippen molar-refractivity contribution in [2.45, 2.75) is 19.0 Å². The molecule has 3 N–H and O–H groups in total. The third-order valence-corrected chi connectivity index (χ3v) is 5.75. The molecular weight excluding hydrogens is 413 g/mol. The zero-order chi connectivity index (χ0) is 22.2. The molecule has 1 aliphatic heterocycles. The standard InChI is InChI=1S/C23H20FN5O3/c24-18-9-16-20(30)17(23(31)32)11-26-21(16)28-22(18)29-8-7-15(12-29)25-10-14-6-5-13-3-1-2-4-19(13)27-14/h1-6,9,11,15,25H,7-8,10,12H2,(H,31,32)(H,26,28,30). The number of aromatic nitrogens is 3. The summed E-state index contributed by atoms with van der Waals surface area (Å²) in [5.74, 6) is -1.88. The van der Waals surface area contributed by atoms with Gasteiger partial charge in [0.05, 0.1) is 16.6 Å². The van der Waals surface area contributed by atoms with Crippen LogP contribution in [-0.2, 0) is 6.54 Å². The Hall–Kier alpha value is -3.85. The van der Waals surface area contributed by atoms with Gasteiger partial charge in [0.2, 0.25) is 5.43 Å². The molecule has 1 aliphatic rings. The number of nitrogens with one attached hydrogen (secondary N) is 2. The van der Waals surface area contributed by atoms with Gasteiger partial charge in [0.15, 0.2) is 11.6 Å². The number of carbonyl (C=O) groups is 1. The van der Waals surface area contributed by atoms with E-state index in [-0.39, 0.29) is 22.9 Å². The third kappa shape index (κ3) is 3.67. The van der Waals surface area contributed by atoms with Crippen LogP contribution < -0.4 is 15.6 Å². The summed E-state index contributed by atoms with van der Waals surface area (Å²) in [6.45, 7) is 1.76. The van der Waals surface area contributed by atoms with E-state index in [9.17, 15) is 14.0 Å². The van der Waals surface area contributed by atoms with Gasteiger partial charge in [0.1, 0.15) is 11.2 Å². The number of halogens is 1. The van der Waals surface area contributed by atoms with E-state index >= 15 is 0 Å². The molecule has 4 aromatic rings. The Morgan fingerprint density at radius 2 is 2.09 bits per heavy atom. The number of nitrogens with zero attached hydrogens (tertiary/aromatic N) is 3. The summed E-state index contributed by atoms with van der Waals surface area (Å²) in [7, 11) is 0. The van der Waals surface area contributed by atoms with E-state index in [4.69, 9.17) is 5.11 Å². The molecule has 3 aromatic heterocycles. The molecule has 32 heavy (non-hydrogen) atoms. The molecule has 0 spiro atoms. The number of benzene rings is 1. The van der Waals surface area contributed by atoms with E-state index in [1.807, 2.05) is 41.3 Å². The second-order valence-electron chi connectivity index (χ2n) is 7.83. The Bertz CT molecular complexity index is 1400. The third-order valence-electron chi connectivity index (χ3n) is 5.75. The summed E-state index contributed by atoms with van der Waals surface area (Å²) in [6.07, 6.45) is 1.90. The molecule has 0 aliphatic carbocycles. The van der Waals surface area contributed by atoms with Crippen LogP contribution in [-0.4, -0.2) is 45.2 Å². The average molecular weight is 433 g/mol. The van der Waals surface area contributed by atoms with Crippen LogP contribution in [0.4, 0.5) is 10.2 Å². The lowest BCUT2D eigenvalue weighted by molar-refractivity contribution is 0.0695. The van der Waals surface area contributed by atoms with Crippen LogP contribution in [0.3, 0.4) is 0 Å². The molecule has 1 unspecified atom stereocenters. The number of aromatic carboxylic acids is 1. The molecule has 0 amide bonds. The van der Waals surface area contributed by atoms with E-state index in [0.717, 1.165) is 35.3 Å². The molecule has 1 atom stereocenters. The van der Waals surface area contributed by atoms with Gasteiger partial charge in [-0.2, -0.15) is 0 Å². The maximum Gasteiger partial charge on any atom is 0.341 e. The van der Waals surface area contributed by atoms with Gasteiger partial charge >= 0.3 is 5.97 Å². The summed E-state index contributed by atoms with van der Waals surface area (Å²) >= 11 is 0. The summed E-state index contributed by atoms with van der Waals surface area (Å²) < 4.78 is 14.8. The summed E-state index contributed by atoms with van der Waals surface area (Å²) in [4.78, 5) is 36.9. The van der Waals surface area contributed by atoms with Gasteiger partial charge in [-0.1, -0.05) is 24.3 Å². The first-order valence-electron chi connectivity index (χ1n) is 10.3. The number of fused-ring (bicyclic) bond motifs is 2. The Labute approximate surface area is 181 Å². The number of pyridine rings is 3. The predicted molar refractivity (Wildman–Crippen MR) is 118 cm³/mol. The number of hydrogen-bond donors (Lipinski definition) is 3. The SMILES string of the molecule is O=C(O)c1c[nH]c2nc(N3CCC(NCc4ccc5ccccc5n4)C3)c(F)cc2c1=O. The average Bonchev–Trinajstić information content (AvgIpc) is 3.26. The lowest BCUT2D eigenvalue weighted by Gasteiger charge is -2.19. The number of carboxylic acid groups (broad SMARTS) is 1. The van der Waals surface area contributed by atoms with Crippen LogP contribution in [0.5, 0.6) is 0 Å². The first-order chi connectivity index (χ1) is 15.5. The van der Waals surface area contributed by atoms with Crippen molar-refractivity contribution in [3.63, 3.8) is 0 Å². The van der Waals surface area contributed by atoms with E-state index < -0.39 is 22.8 Å². The number of anilines is 1. The van der Waals surface area contributed by atoms with Crippen LogP contribution >= 0.6 is 0 Å². The number of para-hydroxylation sites is 1. The quantitative estimate of drug-likeness (QED) is 0.444. The zero-order valence-electron chi connectivity index (χ0n) is 17.0. The molecule has 1 fully saturated rings. The molecular formula is C23H20FN5O3. The summed E-state index contributed by atoms with van der Waals surface area (Å²) in [5.41, 5.74) is 0.840. The van der Waals surface area contributed by atoms with Crippen molar-refractivity contribution < 1.29 is 14.3 Å². The first kappa shape index (κ1) is 20.1. The number of aromatic amines is 1. The van der Waals surface area contributed by atoms with Crippen molar-refractivity contribution in [2.75, 3.05) is 18.0 Å². The number of carboxylic acids is 1. The van der Waals surface area contributed by atoms with E-state index in [2.05, 4.69) is 20.3 Å². The van der Waals surface area contributed by atoms with Crippen molar-refractivity contribution in [2.24, 2.45) is 0 Å². The van der Waals surface area contributed by atoms with Crippen LogP contribution in [0.15, 0.2) is 53.5 Å². The molecule has 1 aromatic carbocycles. The highest BCUT2D eigenvalue weighted by Crippen LogP contribution is 2.24. The van der Waals surface area contributed by atoms with Crippen LogP contribution in [0.25, 0.3) is 21.9 Å². The van der Waals surface area contributed by atoms with Crippen LogP contribution in [0.2, 0.25) is 0 Å². The van der Waals surface area contributed by atoms with Crippen molar-refractivity contribution in [1.29, 1.82) is 0 Å². The van der Waals surface area contributed by atoms with Crippen molar-refractivity contribution in [3.05, 3.63) is 76.0 Å². The zero-order valence-corrected chi connectivity index (χ0v) is 17.0. The summed E-state index contributed by atoms with van der Waals surface area (Å²) in [5, 5.41) is 13.6. The molecule has 162 valence electrons. The number of rotatable bonds is 5. The number of hydrogen-bond acceptors (Lipinski definition) is 6. The van der Waals surface area contributed by atoms with Crippen molar-refractivity contribution in [3.8, 4) is 0 Å². The van der Waals surface area contributed by atoms with Crippen molar-refractivity contribution in [1.82, 2.24) is 20.3 Å². The molecule has 9 heteroatoms. The smallest absolute Gasteiger partial charge is 0.341 e. The van der Waals surface area contributed by atoms with Gasteiger partial charge < -0.3 is 20.3 Å². The van der Waals surface area contributed by atoms with E-state index in [1.165, 1.54) is 0 Å². The molecule has 4 heterocycles. The fourth-order valence-corrected chi connectivity index (χ4v) is 4.07. The largest absolute Gasteiger partial charge is 0.477 e. The van der Waals surface area contributed by atoms with Gasteiger partial charge in [-0.3, -0.25) is 9.78 Å². The highest BCUT2D eigenvalue weighted by Gasteiger charge is 2.26. The lowest BCUT2D eigenvalue weighted by atomic mass is 10.2. The Balaban J connectivity index is 1.31. The molecule has 0 saturated carbocycles. The lowest BCUT2D eigenvalue weighted by Crippen LogP contribution is -2.33. The highest BCUT2D eigenvalue weighted by atomic mass is 19.1. The first-order valence-corrected chi connectivity index (χ1v) is 10.3. The fraction of sp³-hybridized carbons (Fsp3) is 0.217. The maximum absolute atomic E-state index is 14.8. The molecule has 0 bridgehead atoms. The Morgan fingerprint density at radius 3 is 2.94 bits per heavy atom. The molecule has 5 rings (SSSR count). The normalized spacial score (nSPS) is 16.2. The second-order valence-corrected chi connectivity index (χ2v) is 7.83. The van der Waals surface area contributed by atoms with Crippen molar-refractivity contribution >= 4 is 33.7 Å². The fourth-order valence-electron chi connectivity index (χ4n) is 4.07. The molecule has 0 radical (unpaired) electrons. The predicted octanol–water partition coefficient (Wildman–Crippen LogP) is 2.68. The second kappa shape index (κ2) is 8.01. The number of H-pyrrole nitrogens is 1. The minimum absolute atomic E-state index is 0.0811. The topological polar surface area (TPSA) is 111 Å². The Morgan fingerprint density at radius 1 is 1.25 bits per heavy atom. The van der Waals surface area contributed by atoms with Crippen LogP contribution in [0, 0.1) is 5.82 Å². The van der Waals surface area contributed by atoms with Gasteiger partial charge in [-0.15, -0.1) is 0 Å². The Kier molecular flexibility index (Phi) is 5.02. The maximum atomic E-state index is 14.8. The molecule has 8 nitrogen and oxygen atoms in total. The highest BCUT2D eigenvalue weighted by molar-refractivity contribution is 5.91.